The highest BCUT2D eigenvalue weighted by Crippen LogP contribution is 2.28. The summed E-state index contributed by atoms with van der Waals surface area (Å²) in [6, 6.07) is 0. The fraction of sp³-hybridized carbons (Fsp3) is 0.778. The van der Waals surface area contributed by atoms with Gasteiger partial charge in [0, 0.05) is 0 Å². The third-order valence-corrected chi connectivity index (χ3v) is 2.66. The predicted molar refractivity (Wildman–Crippen MR) is 41.3 cm³/mol. The van der Waals surface area contributed by atoms with Gasteiger partial charge in [0.25, 0.3) is 0 Å². The maximum atomic E-state index is 2.38. The lowest BCUT2D eigenvalue weighted by atomic mass is 9.82. The molecule has 9 heavy (non-hydrogen) atoms. The van der Waals surface area contributed by atoms with Crippen LogP contribution < -0.4 is 0 Å². The van der Waals surface area contributed by atoms with Crippen molar-refractivity contribution in [2.45, 2.75) is 33.6 Å². The number of hydrogen-bond donors (Lipinski definition) is 0. The molecule has 0 unspecified atom stereocenters. The lowest BCUT2D eigenvalue weighted by Gasteiger charge is -2.24. The quantitative estimate of drug-likeness (QED) is 0.435. The Morgan fingerprint density at radius 2 is 2.11 bits per heavy atom. The van der Waals surface area contributed by atoms with E-state index in [9.17, 15) is 0 Å². The van der Waals surface area contributed by atoms with Gasteiger partial charge in [-0.2, -0.15) is 0 Å². The van der Waals surface area contributed by atoms with Gasteiger partial charge in [0.05, 0.1) is 0 Å². The van der Waals surface area contributed by atoms with Crippen molar-refractivity contribution in [3.05, 3.63) is 11.6 Å². The van der Waals surface area contributed by atoms with Crippen LogP contribution in [-0.2, 0) is 0 Å². The van der Waals surface area contributed by atoms with Crippen LogP contribution in [0.15, 0.2) is 11.6 Å². The molecule has 0 heterocycles. The zero-order chi connectivity index (χ0) is 6.85. The molecule has 0 fully saturated rings. The molecule has 0 amide bonds. The summed E-state index contributed by atoms with van der Waals surface area (Å²) in [7, 11) is 0. The molecule has 52 valence electrons. The summed E-state index contributed by atoms with van der Waals surface area (Å²) in [5.41, 5.74) is 1.59. The van der Waals surface area contributed by atoms with Gasteiger partial charge in [-0.05, 0) is 31.6 Å². The van der Waals surface area contributed by atoms with E-state index in [0.717, 1.165) is 11.8 Å². The minimum absolute atomic E-state index is 0.832. The van der Waals surface area contributed by atoms with Crippen molar-refractivity contribution >= 4 is 0 Å². The number of rotatable bonds is 0. The highest BCUT2D eigenvalue weighted by molar-refractivity contribution is 5.06. The van der Waals surface area contributed by atoms with Crippen LogP contribution >= 0.6 is 0 Å². The zero-order valence-corrected chi connectivity index (χ0v) is 6.65. The highest BCUT2D eigenvalue weighted by Gasteiger charge is 2.16. The van der Waals surface area contributed by atoms with Crippen molar-refractivity contribution in [1.29, 1.82) is 0 Å². The summed E-state index contributed by atoms with van der Waals surface area (Å²) in [6.07, 6.45) is 5.07. The van der Waals surface area contributed by atoms with Gasteiger partial charge in [-0.1, -0.05) is 25.5 Å². The molecule has 0 aromatic rings. The van der Waals surface area contributed by atoms with E-state index in [1.807, 2.05) is 0 Å². The van der Waals surface area contributed by atoms with E-state index in [2.05, 4.69) is 26.8 Å². The summed E-state index contributed by atoms with van der Waals surface area (Å²) in [5.74, 6) is 1.74. The van der Waals surface area contributed by atoms with E-state index < -0.39 is 0 Å². The lowest BCUT2D eigenvalue weighted by molar-refractivity contribution is 0.393. The Hall–Kier alpha value is -0.260. The molecule has 1 aliphatic rings. The van der Waals surface area contributed by atoms with Crippen LogP contribution in [0, 0.1) is 11.8 Å². The van der Waals surface area contributed by atoms with E-state index in [0.29, 0.717) is 0 Å². The number of allylic oxidation sites excluding steroid dienone is 2. The fourth-order valence-electron chi connectivity index (χ4n) is 1.46. The summed E-state index contributed by atoms with van der Waals surface area (Å²) in [6.45, 7) is 6.93. The minimum atomic E-state index is 0.832. The third kappa shape index (κ3) is 1.35. The van der Waals surface area contributed by atoms with Crippen molar-refractivity contribution in [3.8, 4) is 0 Å². The molecule has 0 aromatic heterocycles. The Morgan fingerprint density at radius 3 is 2.56 bits per heavy atom. The van der Waals surface area contributed by atoms with Crippen molar-refractivity contribution < 1.29 is 0 Å². The van der Waals surface area contributed by atoms with Gasteiger partial charge in [-0.25, -0.2) is 0 Å². The molecule has 0 N–H and O–H groups in total. The first-order chi connectivity index (χ1) is 4.22. The second-order valence-corrected chi connectivity index (χ2v) is 3.29. The first-order valence-electron chi connectivity index (χ1n) is 3.88. The largest absolute Gasteiger partial charge is 0.0853 e. The molecular formula is C9H16. The van der Waals surface area contributed by atoms with E-state index in [1.165, 1.54) is 12.8 Å². The van der Waals surface area contributed by atoms with Crippen molar-refractivity contribution in [2.24, 2.45) is 11.8 Å². The van der Waals surface area contributed by atoms with Crippen LogP contribution in [-0.4, -0.2) is 0 Å². The first-order valence-corrected chi connectivity index (χ1v) is 3.88. The Kier molecular flexibility index (Phi) is 1.94. The lowest BCUT2D eigenvalue weighted by Crippen LogP contribution is -2.12. The average molecular weight is 124 g/mol. The van der Waals surface area contributed by atoms with Crippen LogP contribution in [0.1, 0.15) is 33.6 Å². The molecule has 0 spiro atoms. The van der Waals surface area contributed by atoms with Crippen LogP contribution in [0.3, 0.4) is 0 Å². The third-order valence-electron chi connectivity index (χ3n) is 2.66. The summed E-state index contributed by atoms with van der Waals surface area (Å²) in [4.78, 5) is 0. The molecule has 0 aliphatic heterocycles. The molecule has 1 rings (SSSR count). The van der Waals surface area contributed by atoms with Gasteiger partial charge in [0.2, 0.25) is 0 Å². The summed E-state index contributed by atoms with van der Waals surface area (Å²) in [5, 5.41) is 0. The van der Waals surface area contributed by atoms with Gasteiger partial charge in [0.1, 0.15) is 0 Å². The van der Waals surface area contributed by atoms with Crippen LogP contribution in [0.5, 0.6) is 0 Å². The van der Waals surface area contributed by atoms with Crippen LogP contribution in [0.4, 0.5) is 0 Å². The molecule has 0 saturated heterocycles. The van der Waals surface area contributed by atoms with Crippen molar-refractivity contribution in [3.63, 3.8) is 0 Å². The van der Waals surface area contributed by atoms with Crippen LogP contribution in [0.25, 0.3) is 0 Å². The fourth-order valence-corrected chi connectivity index (χ4v) is 1.46. The summed E-state index contributed by atoms with van der Waals surface area (Å²) >= 11 is 0. The zero-order valence-electron chi connectivity index (χ0n) is 6.65. The normalized spacial score (nSPS) is 36.1. The smallest absolute Gasteiger partial charge is 0.0209 e. The molecule has 0 radical (unpaired) electrons. The van der Waals surface area contributed by atoms with Gasteiger partial charge in [0.15, 0.2) is 0 Å². The van der Waals surface area contributed by atoms with Crippen molar-refractivity contribution in [1.82, 2.24) is 0 Å². The molecule has 2 atom stereocenters. The molecule has 0 heteroatoms. The molecule has 0 saturated carbocycles. The van der Waals surface area contributed by atoms with E-state index in [4.69, 9.17) is 0 Å². The molecule has 0 bridgehead atoms. The minimum Gasteiger partial charge on any atom is -0.0853 e. The monoisotopic (exact) mass is 124 g/mol. The standard InChI is InChI=1S/C9H16/c1-7-5-4-6-8(2)9(7)3/h5,8-9H,4,6H2,1-3H3/t8-,9+/m1/s1. The highest BCUT2D eigenvalue weighted by atomic mass is 14.2. The van der Waals surface area contributed by atoms with Crippen LogP contribution in [0.2, 0.25) is 0 Å². The average Bonchev–Trinajstić information content (AvgIpc) is 1.83. The second-order valence-electron chi connectivity index (χ2n) is 3.29. The predicted octanol–water partition coefficient (Wildman–Crippen LogP) is 3.00. The number of hydrogen-bond acceptors (Lipinski definition) is 0. The SMILES string of the molecule is CC1=CCC[C@@H](C)[C@H]1C. The van der Waals surface area contributed by atoms with Gasteiger partial charge in [-0.15, -0.1) is 0 Å². The Labute approximate surface area is 58.0 Å². The molecular weight excluding hydrogens is 108 g/mol. The van der Waals surface area contributed by atoms with E-state index in [-0.39, 0.29) is 0 Å². The molecule has 0 aromatic carbocycles. The first kappa shape index (κ1) is 6.85. The Morgan fingerprint density at radius 1 is 1.44 bits per heavy atom. The van der Waals surface area contributed by atoms with Gasteiger partial charge < -0.3 is 0 Å². The Bertz CT molecular complexity index is 122. The molecule has 1 aliphatic carbocycles. The maximum Gasteiger partial charge on any atom is -0.0209 e. The second kappa shape index (κ2) is 2.55. The van der Waals surface area contributed by atoms with Gasteiger partial charge >= 0.3 is 0 Å². The van der Waals surface area contributed by atoms with Gasteiger partial charge in [-0.3, -0.25) is 0 Å². The topological polar surface area (TPSA) is 0 Å². The summed E-state index contributed by atoms with van der Waals surface area (Å²) < 4.78 is 0. The maximum absolute atomic E-state index is 2.38. The van der Waals surface area contributed by atoms with E-state index in [1.54, 1.807) is 5.57 Å². The van der Waals surface area contributed by atoms with Crippen molar-refractivity contribution in [2.75, 3.05) is 0 Å². The Balaban J connectivity index is 2.62. The van der Waals surface area contributed by atoms with E-state index >= 15 is 0 Å². The molecule has 0 nitrogen and oxygen atoms in total.